The third-order valence-corrected chi connectivity index (χ3v) is 1.91. The van der Waals surface area contributed by atoms with Crippen LogP contribution in [0.4, 0.5) is 0 Å². The first kappa shape index (κ1) is 13.3. The zero-order chi connectivity index (χ0) is 7.71. The van der Waals surface area contributed by atoms with Crippen LogP contribution in [0.3, 0.4) is 0 Å². The molecule has 0 fully saturated rings. The minimum atomic E-state index is -5.05. The van der Waals surface area contributed by atoms with Gasteiger partial charge in [0.1, 0.15) is 0 Å². The van der Waals surface area contributed by atoms with E-state index < -0.39 is 15.6 Å². The van der Waals surface area contributed by atoms with Gasteiger partial charge in [0.25, 0.3) is 0 Å². The highest BCUT2D eigenvalue weighted by molar-refractivity contribution is 8.93. The Kier molecular flexibility index (Phi) is 5.26. The van der Waals surface area contributed by atoms with Crippen LogP contribution in [0, 0.1) is 0 Å². The summed E-state index contributed by atoms with van der Waals surface area (Å²) in [5.74, 6) is 0. The molecule has 10 heavy (non-hydrogen) atoms. The van der Waals surface area contributed by atoms with E-state index in [0.717, 1.165) is 0 Å². The maximum atomic E-state index is 9.63. The fourth-order valence-electron chi connectivity index (χ4n) is 0.139. The molecule has 0 unspecified atom stereocenters. The molecule has 64 valence electrons. The monoisotopic (exact) mass is 258 g/mol. The van der Waals surface area contributed by atoms with Crippen molar-refractivity contribution in [2.75, 3.05) is 0 Å². The summed E-state index contributed by atoms with van der Waals surface area (Å²) >= 11 is 0. The topological polar surface area (TPSA) is 124 Å². The number of halogens is 1. The Hall–Kier alpha value is 0.740. The summed E-state index contributed by atoms with van der Waals surface area (Å²) in [6.45, 7) is 0. The molecular weight excluding hydrogens is 254 g/mol. The molecule has 0 aliphatic rings. The summed E-state index contributed by atoms with van der Waals surface area (Å²) in [5, 5.41) is 0. The number of hydrogen-bond donors (Lipinski definition) is 4. The molecule has 0 aromatic heterocycles. The van der Waals surface area contributed by atoms with Crippen LogP contribution in [0.2, 0.25) is 0 Å². The Balaban J connectivity index is 0. The Bertz CT molecular complexity index is 152. The zero-order valence-electron chi connectivity index (χ0n) is 4.32. The van der Waals surface area contributed by atoms with Gasteiger partial charge >= 0.3 is 15.6 Å². The third kappa shape index (κ3) is 11.5. The summed E-state index contributed by atoms with van der Waals surface area (Å²) in [7, 11) is -10.1. The summed E-state index contributed by atoms with van der Waals surface area (Å²) in [6, 6.07) is 0. The predicted molar refractivity (Wildman–Crippen MR) is 35.5 cm³/mol. The van der Waals surface area contributed by atoms with Crippen LogP contribution in [-0.4, -0.2) is 19.6 Å². The SMILES string of the molecule is Br.O=P(O)(O)OP(=O)(O)O. The fourth-order valence-corrected chi connectivity index (χ4v) is 1.25. The predicted octanol–water partition coefficient (Wildman–Crippen LogP) is -0.234. The first-order chi connectivity index (χ1) is 3.71. The summed E-state index contributed by atoms with van der Waals surface area (Å²) in [6.07, 6.45) is 0. The fraction of sp³-hybridized carbons (Fsp3) is 0. The molecule has 0 atom stereocenters. The van der Waals surface area contributed by atoms with Gasteiger partial charge in [0.15, 0.2) is 0 Å². The number of hydrogen-bond acceptors (Lipinski definition) is 3. The quantitative estimate of drug-likeness (QED) is 0.504. The molecule has 0 rings (SSSR count). The Morgan fingerprint density at radius 2 is 1.10 bits per heavy atom. The van der Waals surface area contributed by atoms with Gasteiger partial charge < -0.3 is 19.6 Å². The van der Waals surface area contributed by atoms with Crippen LogP contribution in [0.1, 0.15) is 0 Å². The van der Waals surface area contributed by atoms with Crippen LogP contribution in [-0.2, 0) is 13.4 Å². The molecular formula is H5BrO7P2. The lowest BCUT2D eigenvalue weighted by Gasteiger charge is -2.03. The molecule has 0 bridgehead atoms. The van der Waals surface area contributed by atoms with E-state index in [-0.39, 0.29) is 17.0 Å². The van der Waals surface area contributed by atoms with Gasteiger partial charge in [-0.25, -0.2) is 9.13 Å². The highest BCUT2D eigenvalue weighted by Gasteiger charge is 2.27. The molecule has 0 aromatic carbocycles. The van der Waals surface area contributed by atoms with Crippen LogP contribution < -0.4 is 0 Å². The van der Waals surface area contributed by atoms with Gasteiger partial charge in [0.05, 0.1) is 0 Å². The van der Waals surface area contributed by atoms with Crippen molar-refractivity contribution in [3.63, 3.8) is 0 Å². The summed E-state index contributed by atoms with van der Waals surface area (Å²) in [4.78, 5) is 31.0. The standard InChI is InChI=1S/BrH.H4O7P2/c;1-8(2,3)7-9(4,5)6/h1H;(H2,1,2,3)(H2,4,5,6). The van der Waals surface area contributed by atoms with Crippen LogP contribution >= 0.6 is 32.6 Å². The van der Waals surface area contributed by atoms with Gasteiger partial charge in [0.2, 0.25) is 0 Å². The molecule has 0 saturated heterocycles. The number of phosphoric acid groups is 2. The van der Waals surface area contributed by atoms with Gasteiger partial charge in [-0.15, -0.1) is 17.0 Å². The van der Waals surface area contributed by atoms with E-state index in [1.807, 2.05) is 0 Å². The number of rotatable bonds is 2. The van der Waals surface area contributed by atoms with E-state index in [1.165, 1.54) is 0 Å². The van der Waals surface area contributed by atoms with E-state index in [0.29, 0.717) is 0 Å². The molecule has 0 aliphatic heterocycles. The summed E-state index contributed by atoms with van der Waals surface area (Å²) < 4.78 is 22.2. The molecule has 7 nitrogen and oxygen atoms in total. The Morgan fingerprint density at radius 3 is 1.10 bits per heavy atom. The second kappa shape index (κ2) is 3.94. The maximum absolute atomic E-state index is 9.63. The minimum Gasteiger partial charge on any atom is -0.302 e. The molecule has 0 radical (unpaired) electrons. The maximum Gasteiger partial charge on any atom is 0.478 e. The van der Waals surface area contributed by atoms with E-state index in [1.54, 1.807) is 0 Å². The molecule has 0 aliphatic carbocycles. The summed E-state index contributed by atoms with van der Waals surface area (Å²) in [5.41, 5.74) is 0. The van der Waals surface area contributed by atoms with E-state index in [9.17, 15) is 9.13 Å². The van der Waals surface area contributed by atoms with Crippen molar-refractivity contribution >= 4 is 32.6 Å². The smallest absolute Gasteiger partial charge is 0.302 e. The van der Waals surface area contributed by atoms with Crippen LogP contribution in [0.15, 0.2) is 0 Å². The second-order valence-electron chi connectivity index (χ2n) is 1.06. The minimum absolute atomic E-state index is 0. The van der Waals surface area contributed by atoms with Gasteiger partial charge in [-0.3, -0.25) is 0 Å². The normalized spacial score (nSPS) is 12.4. The first-order valence-electron chi connectivity index (χ1n) is 1.53. The molecule has 0 aromatic rings. The van der Waals surface area contributed by atoms with E-state index in [2.05, 4.69) is 4.31 Å². The van der Waals surface area contributed by atoms with Crippen molar-refractivity contribution in [1.82, 2.24) is 0 Å². The Labute approximate surface area is 66.3 Å². The average molecular weight is 259 g/mol. The second-order valence-corrected chi connectivity index (χ2v) is 3.68. The van der Waals surface area contributed by atoms with Crippen molar-refractivity contribution in [3.8, 4) is 0 Å². The van der Waals surface area contributed by atoms with Crippen molar-refractivity contribution in [3.05, 3.63) is 0 Å². The highest BCUT2D eigenvalue weighted by Crippen LogP contribution is 2.53. The lowest BCUT2D eigenvalue weighted by molar-refractivity contribution is 0.225. The van der Waals surface area contributed by atoms with Crippen LogP contribution in [0.25, 0.3) is 0 Å². The van der Waals surface area contributed by atoms with Gasteiger partial charge in [-0.1, -0.05) is 0 Å². The molecule has 4 N–H and O–H groups in total. The molecule has 0 saturated carbocycles. The van der Waals surface area contributed by atoms with Gasteiger partial charge in [0, 0.05) is 0 Å². The molecule has 0 spiro atoms. The van der Waals surface area contributed by atoms with Crippen molar-refractivity contribution in [2.24, 2.45) is 0 Å². The van der Waals surface area contributed by atoms with Crippen molar-refractivity contribution in [1.29, 1.82) is 0 Å². The van der Waals surface area contributed by atoms with Gasteiger partial charge in [-0.05, 0) is 0 Å². The third-order valence-electron chi connectivity index (χ3n) is 0.213. The van der Waals surface area contributed by atoms with Crippen LogP contribution in [0.5, 0.6) is 0 Å². The first-order valence-corrected chi connectivity index (χ1v) is 4.59. The Morgan fingerprint density at radius 1 is 0.900 bits per heavy atom. The van der Waals surface area contributed by atoms with Crippen molar-refractivity contribution < 1.29 is 33.0 Å². The van der Waals surface area contributed by atoms with E-state index in [4.69, 9.17) is 19.6 Å². The molecule has 0 amide bonds. The highest BCUT2D eigenvalue weighted by atomic mass is 79.9. The molecule has 10 heteroatoms. The molecule has 0 heterocycles. The average Bonchev–Trinajstić information content (AvgIpc) is 1.14. The largest absolute Gasteiger partial charge is 0.478 e. The van der Waals surface area contributed by atoms with Gasteiger partial charge in [-0.2, -0.15) is 4.31 Å². The zero-order valence-corrected chi connectivity index (χ0v) is 7.82. The lowest BCUT2D eigenvalue weighted by Crippen LogP contribution is -1.84. The van der Waals surface area contributed by atoms with E-state index >= 15 is 0 Å². The van der Waals surface area contributed by atoms with Crippen molar-refractivity contribution in [2.45, 2.75) is 0 Å². The lowest BCUT2D eigenvalue weighted by atomic mass is 15.7.